The van der Waals surface area contributed by atoms with E-state index in [9.17, 15) is 4.79 Å². The summed E-state index contributed by atoms with van der Waals surface area (Å²) in [6.45, 7) is 2.04. The van der Waals surface area contributed by atoms with Gasteiger partial charge < -0.3 is 5.73 Å². The van der Waals surface area contributed by atoms with Gasteiger partial charge >= 0.3 is 0 Å². The lowest BCUT2D eigenvalue weighted by Gasteiger charge is -2.03. The third-order valence-corrected chi connectivity index (χ3v) is 3.15. The van der Waals surface area contributed by atoms with Crippen molar-refractivity contribution in [3.8, 4) is 5.69 Å². The van der Waals surface area contributed by atoms with E-state index in [2.05, 4.69) is 5.10 Å². The number of nitrogens with zero attached hydrogens (tertiary/aromatic N) is 2. The summed E-state index contributed by atoms with van der Waals surface area (Å²) in [6, 6.07) is 13.3. The van der Waals surface area contributed by atoms with E-state index in [1.165, 1.54) is 0 Å². The number of carbonyl (C=O) groups is 1. The largest absolute Gasteiger partial charge is 0.366 e. The highest BCUT2D eigenvalue weighted by molar-refractivity contribution is 5.96. The van der Waals surface area contributed by atoms with Gasteiger partial charge in [-0.1, -0.05) is 24.3 Å². The first-order chi connectivity index (χ1) is 9.15. The van der Waals surface area contributed by atoms with Crippen LogP contribution in [0.2, 0.25) is 0 Å². The maximum absolute atomic E-state index is 11.2. The minimum atomic E-state index is -0.438. The van der Waals surface area contributed by atoms with E-state index in [0.717, 1.165) is 22.2 Å². The maximum Gasteiger partial charge on any atom is 0.248 e. The van der Waals surface area contributed by atoms with E-state index >= 15 is 0 Å². The van der Waals surface area contributed by atoms with E-state index in [-0.39, 0.29) is 0 Å². The molecule has 3 rings (SSSR count). The second-order valence-electron chi connectivity index (χ2n) is 4.50. The van der Waals surface area contributed by atoms with Gasteiger partial charge in [-0.15, -0.1) is 0 Å². The molecular weight excluding hydrogens is 238 g/mol. The smallest absolute Gasteiger partial charge is 0.248 e. The molecule has 3 aromatic rings. The lowest BCUT2D eigenvalue weighted by atomic mass is 10.1. The Morgan fingerprint density at radius 2 is 2.00 bits per heavy atom. The molecule has 0 spiro atoms. The Morgan fingerprint density at radius 1 is 1.21 bits per heavy atom. The minimum absolute atomic E-state index is 0.438. The molecule has 0 atom stereocenters. The van der Waals surface area contributed by atoms with E-state index < -0.39 is 5.91 Å². The lowest BCUT2D eigenvalue weighted by Crippen LogP contribution is -2.10. The summed E-state index contributed by atoms with van der Waals surface area (Å²) in [4.78, 5) is 11.2. The number of carbonyl (C=O) groups excluding carboxylic acids is 1. The van der Waals surface area contributed by atoms with Crippen LogP contribution in [0.15, 0.2) is 48.7 Å². The van der Waals surface area contributed by atoms with Crippen LogP contribution in [0.25, 0.3) is 16.6 Å². The Kier molecular flexibility index (Phi) is 2.56. The molecule has 0 unspecified atom stereocenters. The average Bonchev–Trinajstić information content (AvgIpc) is 2.81. The average molecular weight is 251 g/mol. The van der Waals surface area contributed by atoms with Gasteiger partial charge in [0.15, 0.2) is 0 Å². The Balaban J connectivity index is 2.17. The van der Waals surface area contributed by atoms with Gasteiger partial charge in [0, 0.05) is 17.1 Å². The van der Waals surface area contributed by atoms with E-state index in [0.29, 0.717) is 5.56 Å². The number of aromatic nitrogens is 2. The van der Waals surface area contributed by atoms with Gasteiger partial charge in [-0.3, -0.25) is 4.79 Å². The topological polar surface area (TPSA) is 60.9 Å². The van der Waals surface area contributed by atoms with Crippen LogP contribution < -0.4 is 5.73 Å². The molecule has 0 fully saturated rings. The summed E-state index contributed by atoms with van der Waals surface area (Å²) in [5.74, 6) is -0.438. The molecule has 1 heterocycles. The molecule has 0 bridgehead atoms. The van der Waals surface area contributed by atoms with Crippen LogP contribution in [0.1, 0.15) is 15.9 Å². The van der Waals surface area contributed by atoms with Crippen LogP contribution in [-0.2, 0) is 0 Å². The summed E-state index contributed by atoms with van der Waals surface area (Å²) in [6.07, 6.45) is 1.95. The zero-order chi connectivity index (χ0) is 13.4. The van der Waals surface area contributed by atoms with Crippen LogP contribution in [-0.4, -0.2) is 15.7 Å². The quantitative estimate of drug-likeness (QED) is 0.760. The number of fused-ring (bicyclic) bond motifs is 1. The SMILES string of the molecule is Cc1ccccc1-n1cc2ccc(C(N)=O)cc2n1. The van der Waals surface area contributed by atoms with Crippen molar-refractivity contribution in [1.82, 2.24) is 9.78 Å². The number of amides is 1. The highest BCUT2D eigenvalue weighted by atomic mass is 16.1. The normalized spacial score (nSPS) is 10.8. The number of nitrogens with two attached hydrogens (primary N) is 1. The molecule has 19 heavy (non-hydrogen) atoms. The predicted molar refractivity (Wildman–Crippen MR) is 74.3 cm³/mol. The predicted octanol–water partition coefficient (Wildman–Crippen LogP) is 2.43. The molecule has 0 aliphatic rings. The summed E-state index contributed by atoms with van der Waals surface area (Å²) >= 11 is 0. The fourth-order valence-electron chi connectivity index (χ4n) is 2.11. The van der Waals surface area contributed by atoms with E-state index in [1.807, 2.05) is 48.1 Å². The lowest BCUT2D eigenvalue weighted by molar-refractivity contribution is 0.100. The highest BCUT2D eigenvalue weighted by Gasteiger charge is 2.07. The third-order valence-electron chi connectivity index (χ3n) is 3.15. The number of aryl methyl sites for hydroxylation is 1. The second kappa shape index (κ2) is 4.24. The first-order valence-electron chi connectivity index (χ1n) is 6.00. The Labute approximate surface area is 110 Å². The fourth-order valence-corrected chi connectivity index (χ4v) is 2.11. The zero-order valence-corrected chi connectivity index (χ0v) is 10.5. The van der Waals surface area contributed by atoms with Gasteiger partial charge in [0.25, 0.3) is 0 Å². The highest BCUT2D eigenvalue weighted by Crippen LogP contribution is 2.19. The number of rotatable bonds is 2. The second-order valence-corrected chi connectivity index (χ2v) is 4.50. The molecule has 4 nitrogen and oxygen atoms in total. The van der Waals surface area contributed by atoms with Crippen molar-refractivity contribution < 1.29 is 4.79 Å². The third kappa shape index (κ3) is 1.97. The molecular formula is C15H13N3O. The van der Waals surface area contributed by atoms with Crippen LogP contribution in [0.4, 0.5) is 0 Å². The number of hydrogen-bond donors (Lipinski definition) is 1. The van der Waals surface area contributed by atoms with Crippen molar-refractivity contribution in [3.63, 3.8) is 0 Å². The van der Waals surface area contributed by atoms with Crippen molar-refractivity contribution in [3.05, 3.63) is 59.8 Å². The van der Waals surface area contributed by atoms with E-state index in [1.54, 1.807) is 12.1 Å². The van der Waals surface area contributed by atoms with Gasteiger partial charge in [-0.05, 0) is 30.7 Å². The van der Waals surface area contributed by atoms with Crippen LogP contribution in [0.5, 0.6) is 0 Å². The number of primary amides is 1. The van der Waals surface area contributed by atoms with Gasteiger partial charge in [0.05, 0.1) is 11.2 Å². The van der Waals surface area contributed by atoms with Crippen molar-refractivity contribution in [2.45, 2.75) is 6.92 Å². The summed E-state index contributed by atoms with van der Waals surface area (Å²) in [5.41, 5.74) is 8.68. The van der Waals surface area contributed by atoms with Gasteiger partial charge in [-0.25, -0.2) is 4.68 Å². The molecule has 0 saturated heterocycles. The molecule has 0 aliphatic heterocycles. The summed E-state index contributed by atoms with van der Waals surface area (Å²) in [5, 5.41) is 5.48. The first-order valence-corrected chi connectivity index (χ1v) is 6.00. The molecule has 0 saturated carbocycles. The fraction of sp³-hybridized carbons (Fsp3) is 0.0667. The number of benzene rings is 2. The summed E-state index contributed by atoms with van der Waals surface area (Å²) < 4.78 is 1.82. The Bertz CT molecular complexity index is 774. The van der Waals surface area contributed by atoms with Gasteiger partial charge in [0.1, 0.15) is 0 Å². The molecule has 2 aromatic carbocycles. The van der Waals surface area contributed by atoms with Crippen molar-refractivity contribution in [2.24, 2.45) is 5.73 Å². The molecule has 4 heteroatoms. The van der Waals surface area contributed by atoms with Crippen molar-refractivity contribution >= 4 is 16.8 Å². The standard InChI is InChI=1S/C15H13N3O/c1-10-4-2-3-5-14(10)18-9-12-7-6-11(15(16)19)8-13(12)17-18/h2-9H,1H3,(H2,16,19). The molecule has 0 aliphatic carbocycles. The zero-order valence-electron chi connectivity index (χ0n) is 10.5. The Morgan fingerprint density at radius 3 is 2.74 bits per heavy atom. The minimum Gasteiger partial charge on any atom is -0.366 e. The van der Waals surface area contributed by atoms with Crippen molar-refractivity contribution in [1.29, 1.82) is 0 Å². The number of para-hydroxylation sites is 1. The van der Waals surface area contributed by atoms with Crippen molar-refractivity contribution in [2.75, 3.05) is 0 Å². The van der Waals surface area contributed by atoms with Gasteiger partial charge in [-0.2, -0.15) is 5.10 Å². The molecule has 94 valence electrons. The molecule has 1 aromatic heterocycles. The van der Waals surface area contributed by atoms with Crippen LogP contribution in [0.3, 0.4) is 0 Å². The van der Waals surface area contributed by atoms with Gasteiger partial charge in [0.2, 0.25) is 5.91 Å². The molecule has 2 N–H and O–H groups in total. The van der Waals surface area contributed by atoms with E-state index in [4.69, 9.17) is 5.73 Å². The molecule has 1 amide bonds. The van der Waals surface area contributed by atoms with Crippen LogP contribution in [0, 0.1) is 6.92 Å². The first kappa shape index (κ1) is 11.5. The van der Waals surface area contributed by atoms with Crippen LogP contribution >= 0.6 is 0 Å². The Hall–Kier alpha value is -2.62. The monoisotopic (exact) mass is 251 g/mol. The summed E-state index contributed by atoms with van der Waals surface area (Å²) in [7, 11) is 0. The molecule has 0 radical (unpaired) electrons. The maximum atomic E-state index is 11.2. The number of hydrogen-bond acceptors (Lipinski definition) is 2.